The number of rotatable bonds is 7. The smallest absolute Gasteiger partial charge is 0.251 e. The van der Waals surface area contributed by atoms with Gasteiger partial charge in [0.05, 0.1) is 7.11 Å². The third-order valence-electron chi connectivity index (χ3n) is 4.72. The van der Waals surface area contributed by atoms with Crippen LogP contribution < -0.4 is 10.1 Å². The molecule has 1 fully saturated rings. The van der Waals surface area contributed by atoms with E-state index in [0.717, 1.165) is 18.4 Å². The molecule has 1 N–H and O–H groups in total. The van der Waals surface area contributed by atoms with Crippen LogP contribution in [0.25, 0.3) is 0 Å². The molecule has 1 heterocycles. The highest BCUT2D eigenvalue weighted by Crippen LogP contribution is 2.29. The molecule has 1 aliphatic heterocycles. The van der Waals surface area contributed by atoms with Crippen molar-refractivity contribution in [3.63, 3.8) is 0 Å². The number of hydrogen-bond donors (Lipinski definition) is 1. The number of hydrogen-bond acceptors (Lipinski definition) is 4. The third-order valence-corrected chi connectivity index (χ3v) is 6.64. The number of nitrogens with zero attached hydrogens (tertiary/aromatic N) is 1. The van der Waals surface area contributed by atoms with Gasteiger partial charge in [-0.2, -0.15) is 4.31 Å². The first-order valence-electron chi connectivity index (χ1n) is 9.12. The van der Waals surface area contributed by atoms with Crippen molar-refractivity contribution in [2.75, 3.05) is 26.7 Å². The van der Waals surface area contributed by atoms with Crippen molar-refractivity contribution < 1.29 is 22.3 Å². The average molecular weight is 406 g/mol. The Kier molecular flexibility index (Phi) is 6.31. The summed E-state index contributed by atoms with van der Waals surface area (Å²) in [6.45, 7) is 1.30. The maximum absolute atomic E-state index is 12.9. The van der Waals surface area contributed by atoms with E-state index in [0.29, 0.717) is 26.1 Å². The molecule has 1 saturated heterocycles. The molecule has 0 radical (unpaired) electrons. The summed E-state index contributed by atoms with van der Waals surface area (Å²) in [6, 6.07) is 10.5. The first kappa shape index (κ1) is 20.3. The van der Waals surface area contributed by atoms with Gasteiger partial charge in [0.25, 0.3) is 5.91 Å². The van der Waals surface area contributed by atoms with Gasteiger partial charge in [-0.15, -0.1) is 0 Å². The van der Waals surface area contributed by atoms with Crippen LogP contribution in [0.4, 0.5) is 4.39 Å². The number of ether oxygens (including phenoxy) is 1. The van der Waals surface area contributed by atoms with E-state index in [4.69, 9.17) is 4.74 Å². The lowest BCUT2D eigenvalue weighted by Crippen LogP contribution is -2.29. The number of carbonyl (C=O) groups is 1. The molecular weight excluding hydrogens is 383 g/mol. The second-order valence-corrected chi connectivity index (χ2v) is 8.52. The molecule has 0 spiro atoms. The Morgan fingerprint density at radius 1 is 1.14 bits per heavy atom. The minimum atomic E-state index is -3.71. The highest BCUT2D eigenvalue weighted by molar-refractivity contribution is 7.89. The molecule has 1 aliphatic rings. The van der Waals surface area contributed by atoms with Gasteiger partial charge < -0.3 is 10.1 Å². The Morgan fingerprint density at radius 2 is 1.82 bits per heavy atom. The van der Waals surface area contributed by atoms with Crippen molar-refractivity contribution >= 4 is 15.9 Å². The second-order valence-electron chi connectivity index (χ2n) is 6.61. The maximum Gasteiger partial charge on any atom is 0.251 e. The zero-order valence-corrected chi connectivity index (χ0v) is 16.5. The van der Waals surface area contributed by atoms with Crippen molar-refractivity contribution in [1.29, 1.82) is 0 Å². The second kappa shape index (κ2) is 8.70. The fourth-order valence-corrected chi connectivity index (χ4v) is 4.86. The number of benzene rings is 2. The van der Waals surface area contributed by atoms with Crippen LogP contribution in [0, 0.1) is 5.82 Å². The number of sulfonamides is 1. The molecule has 150 valence electrons. The molecule has 2 aromatic rings. The Balaban J connectivity index is 1.72. The number of methoxy groups -OCH3 is 1. The van der Waals surface area contributed by atoms with Gasteiger partial charge in [-0.1, -0.05) is 12.1 Å². The van der Waals surface area contributed by atoms with Crippen LogP contribution in [0.15, 0.2) is 47.4 Å². The standard InChI is InChI=1S/C20H23FN2O4S/c1-27-18-9-6-16(14-19(18)28(25,26)23-12-2-3-13-23)20(24)22-11-10-15-4-7-17(21)8-5-15/h4-9,14H,2-3,10-13H2,1H3,(H,22,24). The fourth-order valence-electron chi connectivity index (χ4n) is 3.16. The summed E-state index contributed by atoms with van der Waals surface area (Å²) in [5.74, 6) is -0.463. The summed E-state index contributed by atoms with van der Waals surface area (Å²) >= 11 is 0. The molecule has 0 saturated carbocycles. The number of carbonyl (C=O) groups excluding carboxylic acids is 1. The van der Waals surface area contributed by atoms with Gasteiger partial charge >= 0.3 is 0 Å². The van der Waals surface area contributed by atoms with E-state index in [1.165, 1.54) is 41.7 Å². The lowest BCUT2D eigenvalue weighted by Gasteiger charge is -2.18. The highest BCUT2D eigenvalue weighted by Gasteiger charge is 2.30. The van der Waals surface area contributed by atoms with Crippen LogP contribution in [-0.4, -0.2) is 45.4 Å². The topological polar surface area (TPSA) is 75.7 Å². The number of amides is 1. The van der Waals surface area contributed by atoms with E-state index < -0.39 is 10.0 Å². The molecule has 0 aromatic heterocycles. The summed E-state index contributed by atoms with van der Waals surface area (Å²) in [7, 11) is -2.31. The molecule has 2 aromatic carbocycles. The Labute approximate surface area is 164 Å². The summed E-state index contributed by atoms with van der Waals surface area (Å²) in [4.78, 5) is 12.5. The summed E-state index contributed by atoms with van der Waals surface area (Å²) in [5, 5.41) is 2.77. The molecule has 0 aliphatic carbocycles. The normalized spacial score (nSPS) is 14.8. The van der Waals surface area contributed by atoms with Gasteiger partial charge in [-0.05, 0) is 55.2 Å². The first-order chi connectivity index (χ1) is 13.4. The molecule has 8 heteroatoms. The van der Waals surface area contributed by atoms with Gasteiger partial charge in [0, 0.05) is 25.2 Å². The van der Waals surface area contributed by atoms with Crippen LogP contribution in [0.1, 0.15) is 28.8 Å². The maximum atomic E-state index is 12.9. The summed E-state index contributed by atoms with van der Waals surface area (Å²) in [5.41, 5.74) is 1.14. The zero-order valence-electron chi connectivity index (χ0n) is 15.7. The van der Waals surface area contributed by atoms with Gasteiger partial charge in [0.1, 0.15) is 16.5 Å². The quantitative estimate of drug-likeness (QED) is 0.767. The lowest BCUT2D eigenvalue weighted by molar-refractivity contribution is 0.0954. The summed E-state index contributed by atoms with van der Waals surface area (Å²) in [6.07, 6.45) is 2.19. The van der Waals surface area contributed by atoms with Crippen molar-refractivity contribution in [3.8, 4) is 5.75 Å². The molecule has 3 rings (SSSR count). The van der Waals surface area contributed by atoms with E-state index >= 15 is 0 Å². The molecule has 0 unspecified atom stereocenters. The van der Waals surface area contributed by atoms with Crippen molar-refractivity contribution in [2.24, 2.45) is 0 Å². The van der Waals surface area contributed by atoms with Gasteiger partial charge in [0.15, 0.2) is 0 Å². The monoisotopic (exact) mass is 406 g/mol. The van der Waals surface area contributed by atoms with E-state index in [1.54, 1.807) is 12.1 Å². The highest BCUT2D eigenvalue weighted by atomic mass is 32.2. The minimum Gasteiger partial charge on any atom is -0.495 e. The Bertz CT molecular complexity index is 939. The van der Waals surface area contributed by atoms with Crippen molar-refractivity contribution in [3.05, 3.63) is 59.4 Å². The predicted molar refractivity (Wildman–Crippen MR) is 103 cm³/mol. The summed E-state index contributed by atoms with van der Waals surface area (Å²) < 4.78 is 45.4. The SMILES string of the molecule is COc1ccc(C(=O)NCCc2ccc(F)cc2)cc1S(=O)(=O)N1CCCC1. The number of nitrogens with one attached hydrogen (secondary N) is 1. The van der Waals surface area contributed by atoms with E-state index in [9.17, 15) is 17.6 Å². The van der Waals surface area contributed by atoms with E-state index in [-0.39, 0.29) is 27.9 Å². The van der Waals surface area contributed by atoms with Crippen molar-refractivity contribution in [1.82, 2.24) is 9.62 Å². The van der Waals surface area contributed by atoms with Gasteiger partial charge in [0.2, 0.25) is 10.0 Å². The molecule has 0 atom stereocenters. The molecular formula is C20H23FN2O4S. The van der Waals surface area contributed by atoms with E-state index in [1.807, 2.05) is 0 Å². The van der Waals surface area contributed by atoms with Crippen LogP contribution in [0.2, 0.25) is 0 Å². The molecule has 6 nitrogen and oxygen atoms in total. The Morgan fingerprint density at radius 3 is 2.46 bits per heavy atom. The lowest BCUT2D eigenvalue weighted by atomic mass is 10.1. The van der Waals surface area contributed by atoms with Crippen LogP contribution >= 0.6 is 0 Å². The predicted octanol–water partition coefficient (Wildman–Crippen LogP) is 2.59. The van der Waals surface area contributed by atoms with Crippen molar-refractivity contribution in [2.45, 2.75) is 24.2 Å². The minimum absolute atomic E-state index is 0.00286. The third kappa shape index (κ3) is 4.51. The molecule has 0 bridgehead atoms. The van der Waals surface area contributed by atoms with Gasteiger partial charge in [-0.25, -0.2) is 12.8 Å². The van der Waals surface area contributed by atoms with Gasteiger partial charge in [-0.3, -0.25) is 4.79 Å². The Hall–Kier alpha value is -2.45. The molecule has 28 heavy (non-hydrogen) atoms. The fraction of sp³-hybridized carbons (Fsp3) is 0.350. The molecule has 1 amide bonds. The largest absolute Gasteiger partial charge is 0.495 e. The zero-order chi connectivity index (χ0) is 20.1. The first-order valence-corrected chi connectivity index (χ1v) is 10.6. The average Bonchev–Trinajstić information content (AvgIpc) is 3.24. The van der Waals surface area contributed by atoms with Crippen LogP contribution in [-0.2, 0) is 16.4 Å². The number of halogens is 1. The van der Waals surface area contributed by atoms with Crippen LogP contribution in [0.3, 0.4) is 0 Å². The van der Waals surface area contributed by atoms with Crippen LogP contribution in [0.5, 0.6) is 5.75 Å². The van der Waals surface area contributed by atoms with E-state index in [2.05, 4.69) is 5.32 Å².